The molecule has 0 aromatic heterocycles. The van der Waals surface area contributed by atoms with Crippen molar-refractivity contribution in [3.63, 3.8) is 0 Å². The molecule has 0 spiro atoms. The van der Waals surface area contributed by atoms with E-state index in [1.165, 1.54) is 5.56 Å². The van der Waals surface area contributed by atoms with E-state index in [2.05, 4.69) is 47.3 Å². The molecule has 39 heavy (non-hydrogen) atoms. The summed E-state index contributed by atoms with van der Waals surface area (Å²) in [6.45, 7) is 10.1. The number of Topliss-reactive ketones (excluding diaryl/α,β-unsaturated/α-hetero) is 1. The van der Waals surface area contributed by atoms with E-state index in [-0.39, 0.29) is 24.8 Å². The van der Waals surface area contributed by atoms with E-state index < -0.39 is 0 Å². The summed E-state index contributed by atoms with van der Waals surface area (Å²) < 4.78 is 0. The van der Waals surface area contributed by atoms with Gasteiger partial charge in [-0.15, -0.1) is 0 Å². The Balaban J connectivity index is 1.96. The molecule has 0 saturated heterocycles. The zero-order chi connectivity index (χ0) is 28.6. The molecule has 0 aliphatic rings. The second kappa shape index (κ2) is 17.2. The quantitative estimate of drug-likeness (QED) is 0.126. The Morgan fingerprint density at radius 3 is 2.54 bits per heavy atom. The van der Waals surface area contributed by atoms with Crippen molar-refractivity contribution in [2.24, 2.45) is 10.9 Å². The van der Waals surface area contributed by atoms with Crippen LogP contribution in [0.25, 0.3) is 12.8 Å². The van der Waals surface area contributed by atoms with Gasteiger partial charge in [0.1, 0.15) is 0 Å². The van der Waals surface area contributed by atoms with Gasteiger partial charge in [-0.2, -0.15) is 0 Å². The molecule has 1 unspecified atom stereocenters. The number of aliphatic imine (C=N–C) groups is 1. The van der Waals surface area contributed by atoms with Crippen LogP contribution in [0.1, 0.15) is 70.9 Å². The fourth-order valence-electron chi connectivity index (χ4n) is 4.82. The Bertz CT molecular complexity index is 1190. The van der Waals surface area contributed by atoms with E-state index in [0.717, 1.165) is 66.8 Å². The molecule has 3 N–H and O–H groups in total. The molecular formula is C32H46N4O3. The molecule has 1 amide bonds. The first-order valence-electron chi connectivity index (χ1n) is 14.0. The molecule has 0 aliphatic heterocycles. The molecular weight excluding hydrogens is 488 g/mol. The first kappa shape index (κ1) is 31.8. The number of carbonyl (C=O) groups excluding carboxylic acids is 2. The number of amides is 1. The number of carbonyl (C=O) groups is 2. The maximum Gasteiger partial charge on any atom is 0.251 e. The van der Waals surface area contributed by atoms with Gasteiger partial charge in [0, 0.05) is 62.7 Å². The Morgan fingerprint density at radius 2 is 1.87 bits per heavy atom. The minimum Gasteiger partial charge on any atom is -0.395 e. The fraction of sp³-hybridized carbons (Fsp3) is 0.469. The van der Waals surface area contributed by atoms with Crippen LogP contribution in [0.4, 0.5) is 0 Å². The third-order valence-corrected chi connectivity index (χ3v) is 6.91. The maximum atomic E-state index is 12.8. The standard InChI is InChI=1S/C32H46N4O3/c1-6-8-27(9-7-10-31(38)28-14-12-26(13-15-28)17-18-34-23-33-4)21-36(5)22-30-24(2)11-16-29(25(30)3)32(39)35-19-20-37/h11-16,22-23,27,37H,2,6-10,17-21H2,1,3-5H3,(H,33,34)(H,35,39)/b30-22+. The summed E-state index contributed by atoms with van der Waals surface area (Å²) in [5.74, 6) is 0.470. The van der Waals surface area contributed by atoms with Crippen LogP contribution in [-0.2, 0) is 6.42 Å². The molecule has 0 fully saturated rings. The maximum absolute atomic E-state index is 12.8. The Morgan fingerprint density at radius 1 is 1.13 bits per heavy atom. The van der Waals surface area contributed by atoms with Crippen molar-refractivity contribution >= 4 is 30.8 Å². The van der Waals surface area contributed by atoms with E-state index in [4.69, 9.17) is 5.11 Å². The summed E-state index contributed by atoms with van der Waals surface area (Å²) in [7, 11) is 3.79. The summed E-state index contributed by atoms with van der Waals surface area (Å²) >= 11 is 0. The molecule has 1 atom stereocenters. The molecule has 2 aromatic rings. The van der Waals surface area contributed by atoms with Gasteiger partial charge in [-0.25, -0.2) is 0 Å². The molecule has 0 saturated carbocycles. The van der Waals surface area contributed by atoms with Gasteiger partial charge < -0.3 is 20.6 Å². The van der Waals surface area contributed by atoms with E-state index in [0.29, 0.717) is 17.9 Å². The molecule has 0 aliphatic carbocycles. The van der Waals surface area contributed by atoms with Crippen molar-refractivity contribution in [1.82, 2.24) is 15.5 Å². The SMILES string of the molecule is C=c1ccc(C(=O)NCCO)c(C)/c1=C/N(C)CC(CCC)CCCC(=O)c1ccc(CCNC=NC)cc1. The first-order chi connectivity index (χ1) is 18.8. The number of rotatable bonds is 17. The van der Waals surface area contributed by atoms with Crippen molar-refractivity contribution < 1.29 is 14.7 Å². The van der Waals surface area contributed by atoms with Crippen LogP contribution in [0.15, 0.2) is 41.4 Å². The van der Waals surface area contributed by atoms with Crippen LogP contribution in [0, 0.1) is 12.8 Å². The second-order valence-electron chi connectivity index (χ2n) is 10.1. The molecule has 2 rings (SSSR count). The van der Waals surface area contributed by atoms with Crippen LogP contribution in [0.3, 0.4) is 0 Å². The van der Waals surface area contributed by atoms with Gasteiger partial charge in [0.05, 0.1) is 12.9 Å². The van der Waals surface area contributed by atoms with Crippen molar-refractivity contribution in [3.05, 3.63) is 69.1 Å². The average molecular weight is 535 g/mol. The zero-order valence-electron chi connectivity index (χ0n) is 24.1. The van der Waals surface area contributed by atoms with Crippen LogP contribution in [-0.4, -0.2) is 68.4 Å². The van der Waals surface area contributed by atoms with E-state index >= 15 is 0 Å². The number of ketones is 1. The summed E-state index contributed by atoms with van der Waals surface area (Å²) in [4.78, 5) is 31.4. The highest BCUT2D eigenvalue weighted by Crippen LogP contribution is 2.18. The lowest BCUT2D eigenvalue weighted by atomic mass is 9.94. The summed E-state index contributed by atoms with van der Waals surface area (Å²) in [6, 6.07) is 11.6. The molecule has 0 radical (unpaired) electrons. The number of nitrogens with one attached hydrogen (secondary N) is 2. The lowest BCUT2D eigenvalue weighted by Crippen LogP contribution is -2.35. The van der Waals surface area contributed by atoms with Crippen molar-refractivity contribution in [2.75, 3.05) is 40.3 Å². The van der Waals surface area contributed by atoms with Crippen molar-refractivity contribution in [3.8, 4) is 0 Å². The van der Waals surface area contributed by atoms with Gasteiger partial charge in [-0.3, -0.25) is 14.6 Å². The molecule has 7 nitrogen and oxygen atoms in total. The third kappa shape index (κ3) is 10.7. The lowest BCUT2D eigenvalue weighted by molar-refractivity contribution is 0.0942. The predicted octanol–water partition coefficient (Wildman–Crippen LogP) is 3.06. The minimum absolute atomic E-state index is 0.0931. The van der Waals surface area contributed by atoms with Gasteiger partial charge in [0.25, 0.3) is 5.91 Å². The normalized spacial score (nSPS) is 12.5. The third-order valence-electron chi connectivity index (χ3n) is 6.91. The van der Waals surface area contributed by atoms with Gasteiger partial charge in [-0.1, -0.05) is 50.3 Å². The van der Waals surface area contributed by atoms with Gasteiger partial charge in [0.2, 0.25) is 0 Å². The summed E-state index contributed by atoms with van der Waals surface area (Å²) in [6.07, 6.45) is 9.23. The highest BCUT2D eigenvalue weighted by atomic mass is 16.3. The van der Waals surface area contributed by atoms with E-state index in [1.54, 1.807) is 19.5 Å². The first-order valence-corrected chi connectivity index (χ1v) is 14.0. The van der Waals surface area contributed by atoms with Crippen molar-refractivity contribution in [2.45, 2.75) is 52.4 Å². The van der Waals surface area contributed by atoms with Gasteiger partial charge in [0.15, 0.2) is 5.78 Å². The zero-order valence-corrected chi connectivity index (χ0v) is 24.1. The Hall–Kier alpha value is -3.45. The topological polar surface area (TPSA) is 94.0 Å². The molecule has 212 valence electrons. The molecule has 0 heterocycles. The van der Waals surface area contributed by atoms with E-state index in [1.807, 2.05) is 37.3 Å². The van der Waals surface area contributed by atoms with Crippen LogP contribution in [0.2, 0.25) is 0 Å². The summed E-state index contributed by atoms with van der Waals surface area (Å²) in [5.41, 5.74) is 3.44. The number of aliphatic hydroxyl groups is 1. The largest absolute Gasteiger partial charge is 0.395 e. The number of hydrogen-bond donors (Lipinski definition) is 3. The summed E-state index contributed by atoms with van der Waals surface area (Å²) in [5, 5.41) is 16.7. The molecule has 0 bridgehead atoms. The second-order valence-corrected chi connectivity index (χ2v) is 10.1. The Labute approximate surface area is 233 Å². The fourth-order valence-corrected chi connectivity index (χ4v) is 4.82. The van der Waals surface area contributed by atoms with Crippen molar-refractivity contribution in [1.29, 1.82) is 0 Å². The van der Waals surface area contributed by atoms with Gasteiger partial charge >= 0.3 is 0 Å². The number of benzene rings is 2. The number of aliphatic hydroxyl groups excluding tert-OH is 1. The number of hydrogen-bond acceptors (Lipinski definition) is 5. The van der Waals surface area contributed by atoms with Crippen LogP contribution >= 0.6 is 0 Å². The number of nitrogens with zero attached hydrogens (tertiary/aromatic N) is 2. The van der Waals surface area contributed by atoms with Gasteiger partial charge in [-0.05, 0) is 60.9 Å². The van der Waals surface area contributed by atoms with E-state index in [9.17, 15) is 9.59 Å². The molecule has 7 heteroatoms. The smallest absolute Gasteiger partial charge is 0.251 e. The van der Waals surface area contributed by atoms with Crippen LogP contribution in [0.5, 0.6) is 0 Å². The lowest BCUT2D eigenvalue weighted by Gasteiger charge is -2.23. The Kier molecular flexibility index (Phi) is 14.0. The molecule has 2 aromatic carbocycles. The van der Waals surface area contributed by atoms with Crippen LogP contribution < -0.4 is 21.1 Å². The predicted molar refractivity (Wildman–Crippen MR) is 162 cm³/mol. The highest BCUT2D eigenvalue weighted by Gasteiger charge is 2.13. The monoisotopic (exact) mass is 534 g/mol. The minimum atomic E-state index is -0.194. The average Bonchev–Trinajstić information content (AvgIpc) is 2.92. The highest BCUT2D eigenvalue weighted by molar-refractivity contribution is 5.96.